The monoisotopic (exact) mass is 542 g/mol. The number of anilines is 2. The van der Waals surface area contributed by atoms with Crippen molar-refractivity contribution < 1.29 is 23.9 Å². The number of amides is 5. The molecule has 0 saturated carbocycles. The van der Waals surface area contributed by atoms with Crippen LogP contribution >= 0.6 is 11.8 Å². The van der Waals surface area contributed by atoms with Crippen LogP contribution in [0.3, 0.4) is 0 Å². The molecule has 3 aliphatic rings. The highest BCUT2D eigenvalue weighted by molar-refractivity contribution is 7.99. The fourth-order valence-electron chi connectivity index (χ4n) is 5.43. The Kier molecular flexibility index (Phi) is 6.26. The summed E-state index contributed by atoms with van der Waals surface area (Å²) in [7, 11) is 1.62. The maximum Gasteiger partial charge on any atom is 0.322 e. The molecule has 1 fully saturated rings. The van der Waals surface area contributed by atoms with Gasteiger partial charge in [-0.25, -0.2) is 4.79 Å². The van der Waals surface area contributed by atoms with Crippen molar-refractivity contribution in [3.8, 4) is 5.75 Å². The van der Waals surface area contributed by atoms with E-state index in [0.29, 0.717) is 24.2 Å². The number of benzene rings is 3. The lowest BCUT2D eigenvalue weighted by atomic mass is 9.96. The van der Waals surface area contributed by atoms with E-state index in [1.807, 2.05) is 60.7 Å². The van der Waals surface area contributed by atoms with E-state index < -0.39 is 11.6 Å². The van der Waals surface area contributed by atoms with Gasteiger partial charge in [0.2, 0.25) is 11.8 Å². The molecule has 39 heavy (non-hydrogen) atoms. The molecule has 1 aliphatic carbocycles. The van der Waals surface area contributed by atoms with Crippen molar-refractivity contribution in [2.75, 3.05) is 23.9 Å². The minimum absolute atomic E-state index is 0.102. The first-order valence-electron chi connectivity index (χ1n) is 12.6. The summed E-state index contributed by atoms with van der Waals surface area (Å²) in [4.78, 5) is 53.1. The lowest BCUT2D eigenvalue weighted by Crippen LogP contribution is -2.47. The molecule has 5 amide bonds. The van der Waals surface area contributed by atoms with E-state index >= 15 is 0 Å². The third-order valence-electron chi connectivity index (χ3n) is 7.36. The van der Waals surface area contributed by atoms with Crippen LogP contribution in [0.5, 0.6) is 5.75 Å². The minimum atomic E-state index is -0.970. The normalized spacial score (nSPS) is 21.6. The number of nitrogens with zero attached hydrogens (tertiary/aromatic N) is 1. The van der Waals surface area contributed by atoms with Crippen molar-refractivity contribution in [2.24, 2.45) is 0 Å². The van der Waals surface area contributed by atoms with Crippen molar-refractivity contribution >= 4 is 46.9 Å². The number of para-hydroxylation sites is 1. The maximum atomic E-state index is 13.5. The maximum absolute atomic E-state index is 13.5. The molecule has 1 saturated heterocycles. The fourth-order valence-corrected chi connectivity index (χ4v) is 6.71. The second kappa shape index (κ2) is 9.77. The van der Waals surface area contributed by atoms with Crippen molar-refractivity contribution in [3.63, 3.8) is 0 Å². The number of hydrogen-bond acceptors (Lipinski definition) is 6. The summed E-state index contributed by atoms with van der Waals surface area (Å²) < 4.78 is 5.27. The number of carbonyl (C=O) groups excluding carboxylic acids is 4. The summed E-state index contributed by atoms with van der Waals surface area (Å²) in [5.74, 6) is -0.0493. The number of urea groups is 1. The van der Waals surface area contributed by atoms with Crippen molar-refractivity contribution in [2.45, 2.75) is 34.9 Å². The van der Waals surface area contributed by atoms with Crippen LogP contribution in [0.4, 0.5) is 16.2 Å². The Labute approximate surface area is 229 Å². The van der Waals surface area contributed by atoms with Gasteiger partial charge in [0.15, 0.2) is 0 Å². The van der Waals surface area contributed by atoms with Crippen LogP contribution < -0.4 is 25.6 Å². The molecule has 6 rings (SSSR count). The van der Waals surface area contributed by atoms with E-state index in [4.69, 9.17) is 4.74 Å². The first-order valence-corrected chi connectivity index (χ1v) is 13.5. The van der Waals surface area contributed by atoms with Crippen LogP contribution in [0.1, 0.15) is 28.4 Å². The second-order valence-electron chi connectivity index (χ2n) is 9.91. The molecule has 9 nitrogen and oxygen atoms in total. The van der Waals surface area contributed by atoms with Crippen LogP contribution in [0.25, 0.3) is 0 Å². The molecule has 3 N–H and O–H groups in total. The lowest BCUT2D eigenvalue weighted by molar-refractivity contribution is -0.123. The van der Waals surface area contributed by atoms with E-state index in [1.54, 1.807) is 29.8 Å². The largest absolute Gasteiger partial charge is 0.497 e. The zero-order valence-corrected chi connectivity index (χ0v) is 22.0. The average Bonchev–Trinajstić information content (AvgIpc) is 3.38. The number of imide groups is 1. The van der Waals surface area contributed by atoms with E-state index in [-0.39, 0.29) is 35.9 Å². The third-order valence-corrected chi connectivity index (χ3v) is 8.69. The van der Waals surface area contributed by atoms with Crippen LogP contribution in [0, 0.1) is 0 Å². The number of thioether (sulfide) groups is 1. The number of ether oxygens (including phenoxy) is 1. The molecule has 0 radical (unpaired) electrons. The van der Waals surface area contributed by atoms with Gasteiger partial charge >= 0.3 is 6.03 Å². The van der Waals surface area contributed by atoms with Crippen molar-refractivity contribution in [3.05, 3.63) is 83.4 Å². The standard InChI is InChI=1S/C29H26N4O5S/c1-38-21-10-7-17(8-11-21)24-13-26(35)33(22-4-2-3-5-23(22)39-24)16-25(34)30-20-9-6-18-14-29(15-19(18)12-20)27(36)31-28(37)32-29/h2-12,24H,13-16H2,1H3,(H,30,34)(H2,31,32,36,37). The summed E-state index contributed by atoms with van der Waals surface area (Å²) in [6.07, 6.45) is 0.999. The number of hydrogen-bond donors (Lipinski definition) is 3. The molecule has 0 bridgehead atoms. The number of nitrogens with one attached hydrogen (secondary N) is 3. The second-order valence-corrected chi connectivity index (χ2v) is 11.2. The van der Waals surface area contributed by atoms with Crippen LogP contribution in [-0.4, -0.2) is 42.9 Å². The van der Waals surface area contributed by atoms with Crippen LogP contribution in [-0.2, 0) is 27.2 Å². The van der Waals surface area contributed by atoms with Gasteiger partial charge in [-0.3, -0.25) is 19.7 Å². The molecular formula is C29H26N4O5S. The zero-order valence-electron chi connectivity index (χ0n) is 21.2. The molecule has 2 aliphatic heterocycles. The summed E-state index contributed by atoms with van der Waals surface area (Å²) in [6.45, 7) is -0.134. The molecule has 3 aromatic rings. The van der Waals surface area contributed by atoms with Gasteiger partial charge in [0.1, 0.15) is 17.8 Å². The van der Waals surface area contributed by atoms with Gasteiger partial charge in [0, 0.05) is 35.1 Å². The van der Waals surface area contributed by atoms with Gasteiger partial charge in [-0.1, -0.05) is 30.3 Å². The lowest BCUT2D eigenvalue weighted by Gasteiger charge is -2.22. The van der Waals surface area contributed by atoms with Gasteiger partial charge in [0.05, 0.1) is 12.8 Å². The van der Waals surface area contributed by atoms with Crippen LogP contribution in [0.15, 0.2) is 71.6 Å². The number of methoxy groups -OCH3 is 1. The zero-order chi connectivity index (χ0) is 27.1. The molecule has 0 aromatic heterocycles. The molecule has 10 heteroatoms. The Morgan fingerprint density at radius 2 is 1.82 bits per heavy atom. The van der Waals surface area contributed by atoms with E-state index in [2.05, 4.69) is 16.0 Å². The Balaban J connectivity index is 1.18. The smallest absolute Gasteiger partial charge is 0.322 e. The Morgan fingerprint density at radius 3 is 2.56 bits per heavy atom. The minimum Gasteiger partial charge on any atom is -0.497 e. The van der Waals surface area contributed by atoms with Gasteiger partial charge in [-0.15, -0.1) is 11.8 Å². The Morgan fingerprint density at radius 1 is 1.05 bits per heavy atom. The summed E-state index contributed by atoms with van der Waals surface area (Å²) in [6, 6.07) is 20.3. The topological polar surface area (TPSA) is 117 Å². The molecule has 2 atom stereocenters. The quantitative estimate of drug-likeness (QED) is 0.425. The highest BCUT2D eigenvalue weighted by atomic mass is 32.2. The Bertz CT molecular complexity index is 1510. The molecule has 3 aromatic carbocycles. The summed E-state index contributed by atoms with van der Waals surface area (Å²) >= 11 is 1.61. The van der Waals surface area contributed by atoms with E-state index in [1.165, 1.54) is 0 Å². The molecule has 198 valence electrons. The summed E-state index contributed by atoms with van der Waals surface area (Å²) in [5.41, 5.74) is 3.16. The predicted octanol–water partition coefficient (Wildman–Crippen LogP) is 3.58. The van der Waals surface area contributed by atoms with Gasteiger partial charge in [-0.05, 0) is 53.1 Å². The van der Waals surface area contributed by atoms with Gasteiger partial charge < -0.3 is 20.3 Å². The van der Waals surface area contributed by atoms with Crippen LogP contribution in [0.2, 0.25) is 0 Å². The highest BCUT2D eigenvalue weighted by Crippen LogP contribution is 2.45. The first-order chi connectivity index (χ1) is 18.8. The van der Waals surface area contributed by atoms with Crippen molar-refractivity contribution in [1.82, 2.24) is 10.6 Å². The van der Waals surface area contributed by atoms with Gasteiger partial charge in [0.25, 0.3) is 5.91 Å². The third kappa shape index (κ3) is 4.72. The van der Waals surface area contributed by atoms with Gasteiger partial charge in [-0.2, -0.15) is 0 Å². The molecule has 1 spiro atoms. The molecular weight excluding hydrogens is 516 g/mol. The average molecular weight is 543 g/mol. The number of carbonyl (C=O) groups is 4. The molecule has 2 unspecified atom stereocenters. The molecule has 2 heterocycles. The van der Waals surface area contributed by atoms with E-state index in [0.717, 1.165) is 27.3 Å². The highest BCUT2D eigenvalue weighted by Gasteiger charge is 2.50. The summed E-state index contributed by atoms with van der Waals surface area (Å²) in [5, 5.41) is 7.85. The predicted molar refractivity (Wildman–Crippen MR) is 147 cm³/mol. The first kappa shape index (κ1) is 25.0. The SMILES string of the molecule is COc1ccc(C2CC(=O)N(CC(=O)Nc3ccc4c(c3)CC3(C4)NC(=O)NC3=O)c3ccccc3S2)cc1. The Hall–Kier alpha value is -4.31. The fraction of sp³-hybridized carbons (Fsp3) is 0.241. The number of rotatable bonds is 5. The van der Waals surface area contributed by atoms with E-state index in [9.17, 15) is 19.2 Å². The van der Waals surface area contributed by atoms with Crippen molar-refractivity contribution in [1.29, 1.82) is 0 Å². The number of fused-ring (bicyclic) bond motifs is 2.